The first kappa shape index (κ1) is 15.5. The molecule has 0 rings (SSSR count). The molecule has 0 saturated heterocycles. The van der Waals surface area contributed by atoms with Crippen molar-refractivity contribution in [3.05, 3.63) is 24.5 Å². The molecule has 0 atom stereocenters. The smallest absolute Gasteiger partial charge is 0.242 e. The molecule has 2 heteroatoms. The van der Waals surface area contributed by atoms with Gasteiger partial charge in [0.15, 0.2) is 0 Å². The van der Waals surface area contributed by atoms with Gasteiger partial charge in [-0.25, -0.2) is 0 Å². The highest BCUT2D eigenvalue weighted by atomic mass is 28.4. The lowest BCUT2D eigenvalue weighted by Crippen LogP contribution is -2.23. The second-order valence-corrected chi connectivity index (χ2v) is 9.71. The van der Waals surface area contributed by atoms with Crippen molar-refractivity contribution in [3.63, 3.8) is 0 Å². The van der Waals surface area contributed by atoms with Crippen LogP contribution < -0.4 is 0 Å². The van der Waals surface area contributed by atoms with Crippen LogP contribution in [0.15, 0.2) is 24.5 Å². The molecule has 0 aliphatic heterocycles. The largest absolute Gasteiger partial charge is 0.545 e. The molecular weight excluding hydrogens is 212 g/mol. The van der Waals surface area contributed by atoms with E-state index in [9.17, 15) is 0 Å². The van der Waals surface area contributed by atoms with Crippen molar-refractivity contribution in [1.29, 1.82) is 0 Å². The van der Waals surface area contributed by atoms with Crippen LogP contribution in [0.4, 0.5) is 0 Å². The van der Waals surface area contributed by atoms with E-state index in [1.165, 1.54) is 32.1 Å². The molecule has 0 aromatic heterocycles. The number of unbranched alkanes of at least 4 members (excludes halogenated alkanes) is 5. The predicted molar refractivity (Wildman–Crippen MR) is 76.1 cm³/mol. The maximum atomic E-state index is 5.74. The Morgan fingerprint density at radius 1 is 1.12 bits per heavy atom. The molecule has 0 radical (unpaired) electrons. The highest BCUT2D eigenvalue weighted by Gasteiger charge is 2.15. The summed E-state index contributed by atoms with van der Waals surface area (Å²) in [5.74, 6) is 0.827. The summed E-state index contributed by atoms with van der Waals surface area (Å²) in [4.78, 5) is 0. The molecule has 0 saturated carbocycles. The van der Waals surface area contributed by atoms with Gasteiger partial charge in [0.25, 0.3) is 0 Å². The van der Waals surface area contributed by atoms with Gasteiger partial charge in [0.05, 0.1) is 5.76 Å². The van der Waals surface area contributed by atoms with Gasteiger partial charge in [0.2, 0.25) is 8.32 Å². The summed E-state index contributed by atoms with van der Waals surface area (Å²) in [6.07, 6.45) is 12.1. The van der Waals surface area contributed by atoms with Crippen LogP contribution in [0.1, 0.15) is 45.4 Å². The maximum Gasteiger partial charge on any atom is 0.242 e. The van der Waals surface area contributed by atoms with E-state index in [0.29, 0.717) is 0 Å². The molecule has 16 heavy (non-hydrogen) atoms. The number of rotatable bonds is 9. The quantitative estimate of drug-likeness (QED) is 0.231. The van der Waals surface area contributed by atoms with E-state index in [2.05, 4.69) is 39.2 Å². The molecule has 94 valence electrons. The number of hydrogen-bond donors (Lipinski definition) is 0. The van der Waals surface area contributed by atoms with E-state index in [1.807, 2.05) is 6.08 Å². The normalized spacial score (nSPS) is 12.0. The lowest BCUT2D eigenvalue weighted by molar-refractivity contribution is 0.443. The van der Waals surface area contributed by atoms with E-state index < -0.39 is 8.32 Å². The van der Waals surface area contributed by atoms with Gasteiger partial charge in [-0.2, -0.15) is 0 Å². The third-order valence-electron chi connectivity index (χ3n) is 2.22. The highest BCUT2D eigenvalue weighted by Crippen LogP contribution is 2.11. The predicted octanol–water partition coefficient (Wildman–Crippen LogP) is 5.27. The first-order valence-electron chi connectivity index (χ1n) is 6.50. The molecule has 0 aliphatic carbocycles. The van der Waals surface area contributed by atoms with Crippen LogP contribution in [0.3, 0.4) is 0 Å². The summed E-state index contributed by atoms with van der Waals surface area (Å²) < 4.78 is 5.74. The van der Waals surface area contributed by atoms with Crippen LogP contribution in [0.2, 0.25) is 19.6 Å². The Labute approximate surface area is 103 Å². The van der Waals surface area contributed by atoms with Crippen LogP contribution in [-0.4, -0.2) is 8.32 Å². The van der Waals surface area contributed by atoms with Crippen LogP contribution in [-0.2, 0) is 4.43 Å². The zero-order valence-electron chi connectivity index (χ0n) is 11.5. The first-order chi connectivity index (χ1) is 7.45. The minimum atomic E-state index is -1.46. The Bertz CT molecular complexity index is 213. The zero-order chi connectivity index (χ0) is 12.4. The van der Waals surface area contributed by atoms with Crippen LogP contribution in [0.25, 0.3) is 0 Å². The van der Waals surface area contributed by atoms with Crippen molar-refractivity contribution in [2.24, 2.45) is 0 Å². The topological polar surface area (TPSA) is 9.23 Å². The van der Waals surface area contributed by atoms with Gasteiger partial charge in [0.1, 0.15) is 0 Å². The molecule has 0 bridgehead atoms. The summed E-state index contributed by atoms with van der Waals surface area (Å²) >= 11 is 0. The summed E-state index contributed by atoms with van der Waals surface area (Å²) in [6, 6.07) is 0. The van der Waals surface area contributed by atoms with Crippen molar-refractivity contribution in [2.75, 3.05) is 0 Å². The third kappa shape index (κ3) is 11.6. The first-order valence-corrected chi connectivity index (χ1v) is 9.91. The molecule has 0 aliphatic rings. The van der Waals surface area contributed by atoms with Gasteiger partial charge < -0.3 is 4.43 Å². The van der Waals surface area contributed by atoms with E-state index in [1.54, 1.807) is 0 Å². The van der Waals surface area contributed by atoms with Crippen molar-refractivity contribution < 1.29 is 4.43 Å². The highest BCUT2D eigenvalue weighted by molar-refractivity contribution is 6.70. The molecule has 0 aromatic rings. The Morgan fingerprint density at radius 3 is 2.31 bits per heavy atom. The standard InChI is InChI=1S/C14H28OSi/c1-6-7-8-9-10-11-12-13-14(2)15-16(3,4)5/h12-13H,2,6-11H2,1,3-5H3/b13-12+. The average Bonchev–Trinajstić information content (AvgIpc) is 2.13. The van der Waals surface area contributed by atoms with Crippen molar-refractivity contribution >= 4 is 8.32 Å². The number of allylic oxidation sites excluding steroid dienone is 2. The molecular formula is C14H28OSi. The van der Waals surface area contributed by atoms with Gasteiger partial charge in [-0.1, -0.05) is 45.3 Å². The summed E-state index contributed by atoms with van der Waals surface area (Å²) in [5.41, 5.74) is 0. The van der Waals surface area contributed by atoms with Gasteiger partial charge in [0, 0.05) is 0 Å². The van der Waals surface area contributed by atoms with Crippen molar-refractivity contribution in [2.45, 2.75) is 65.1 Å². The zero-order valence-corrected chi connectivity index (χ0v) is 12.5. The Morgan fingerprint density at radius 2 is 1.75 bits per heavy atom. The summed E-state index contributed by atoms with van der Waals surface area (Å²) in [7, 11) is -1.46. The van der Waals surface area contributed by atoms with E-state index in [-0.39, 0.29) is 0 Å². The van der Waals surface area contributed by atoms with Gasteiger partial charge in [-0.05, 0) is 38.6 Å². The SMILES string of the molecule is C=C(/C=C/CCCCCCC)O[Si](C)(C)C. The van der Waals surface area contributed by atoms with E-state index in [4.69, 9.17) is 4.43 Å². The molecule has 0 aromatic carbocycles. The molecule has 0 spiro atoms. The van der Waals surface area contributed by atoms with Gasteiger partial charge in [-0.3, -0.25) is 0 Å². The van der Waals surface area contributed by atoms with Crippen LogP contribution >= 0.6 is 0 Å². The minimum Gasteiger partial charge on any atom is -0.545 e. The van der Waals surface area contributed by atoms with Crippen LogP contribution in [0, 0.1) is 0 Å². The molecule has 0 amide bonds. The summed E-state index contributed by atoms with van der Waals surface area (Å²) in [5, 5.41) is 0. The Kier molecular flexibility index (Phi) is 8.35. The Balaban J connectivity index is 3.49. The molecule has 1 nitrogen and oxygen atoms in total. The fourth-order valence-electron chi connectivity index (χ4n) is 1.51. The molecule has 0 unspecified atom stereocenters. The fraction of sp³-hybridized carbons (Fsp3) is 0.714. The lowest BCUT2D eigenvalue weighted by atomic mass is 10.1. The summed E-state index contributed by atoms with van der Waals surface area (Å²) in [6.45, 7) is 12.7. The van der Waals surface area contributed by atoms with E-state index in [0.717, 1.165) is 12.2 Å². The number of hydrogen-bond acceptors (Lipinski definition) is 1. The maximum absolute atomic E-state index is 5.74. The monoisotopic (exact) mass is 240 g/mol. The Hall–Kier alpha value is -0.503. The molecule has 0 fully saturated rings. The minimum absolute atomic E-state index is 0.827. The fourth-order valence-corrected chi connectivity index (χ4v) is 2.36. The van der Waals surface area contributed by atoms with Gasteiger partial charge >= 0.3 is 0 Å². The van der Waals surface area contributed by atoms with E-state index >= 15 is 0 Å². The van der Waals surface area contributed by atoms with Crippen LogP contribution in [0.5, 0.6) is 0 Å². The van der Waals surface area contributed by atoms with Crippen molar-refractivity contribution in [1.82, 2.24) is 0 Å². The third-order valence-corrected chi connectivity index (χ3v) is 3.09. The van der Waals surface area contributed by atoms with Crippen molar-refractivity contribution in [3.8, 4) is 0 Å². The molecule has 0 N–H and O–H groups in total. The van der Waals surface area contributed by atoms with Gasteiger partial charge in [-0.15, -0.1) is 0 Å². The average molecular weight is 240 g/mol. The lowest BCUT2D eigenvalue weighted by Gasteiger charge is -2.18. The second kappa shape index (κ2) is 8.63. The molecule has 0 heterocycles. The second-order valence-electron chi connectivity index (χ2n) is 5.29.